The molecule has 1 aliphatic heterocycles. The quantitative estimate of drug-likeness (QED) is 0.320. The molecule has 4 rings (SSSR count). The van der Waals surface area contributed by atoms with Gasteiger partial charge in [0.15, 0.2) is 14.1 Å². The standard InChI is InChI=1S/C28H36ClFN4O3Si/c1-28(2,3)38(4,5)37-24(19-7-6-8-21(29)15-19)18-34-12-9-20(16-25(34)35)26-23(30)17-31-27(33-26)32-22-10-13-36-14-11-22/h6-9,12,15-17,22,24H,10-11,13-14,18H2,1-5H3,(H,31,32,33)/t24-/m0/s1. The van der Waals surface area contributed by atoms with E-state index in [2.05, 4.69) is 49.1 Å². The van der Waals surface area contributed by atoms with Crippen molar-refractivity contribution in [3.63, 3.8) is 0 Å². The number of ether oxygens (including phenoxy) is 1. The summed E-state index contributed by atoms with van der Waals surface area (Å²) >= 11 is 6.29. The molecule has 1 aromatic carbocycles. The zero-order valence-electron chi connectivity index (χ0n) is 22.6. The van der Waals surface area contributed by atoms with E-state index in [0.717, 1.165) is 24.6 Å². The van der Waals surface area contributed by atoms with Gasteiger partial charge in [0.25, 0.3) is 5.56 Å². The Kier molecular flexibility index (Phi) is 8.71. The lowest BCUT2D eigenvalue weighted by Gasteiger charge is -2.39. The van der Waals surface area contributed by atoms with E-state index in [1.165, 1.54) is 6.07 Å². The number of nitrogens with one attached hydrogen (secondary N) is 1. The third kappa shape index (κ3) is 6.88. The van der Waals surface area contributed by atoms with Crippen molar-refractivity contribution in [2.75, 3.05) is 18.5 Å². The average Bonchev–Trinajstić information content (AvgIpc) is 2.86. The van der Waals surface area contributed by atoms with E-state index in [0.29, 0.717) is 36.3 Å². The minimum atomic E-state index is -2.18. The molecule has 1 aliphatic rings. The fourth-order valence-electron chi connectivity index (χ4n) is 4.10. The molecule has 0 unspecified atom stereocenters. The number of aromatic nitrogens is 3. The van der Waals surface area contributed by atoms with Gasteiger partial charge in [-0.15, -0.1) is 0 Å². The molecule has 3 aromatic rings. The van der Waals surface area contributed by atoms with Crippen molar-refractivity contribution in [2.45, 2.75) is 70.4 Å². The van der Waals surface area contributed by atoms with Gasteiger partial charge < -0.3 is 19.0 Å². The third-order valence-electron chi connectivity index (χ3n) is 7.39. The van der Waals surface area contributed by atoms with Crippen LogP contribution in [0.3, 0.4) is 0 Å². The zero-order chi connectivity index (χ0) is 27.5. The maximum atomic E-state index is 14.7. The number of hydrogen-bond acceptors (Lipinski definition) is 6. The smallest absolute Gasteiger partial charge is 0.251 e. The fourth-order valence-corrected chi connectivity index (χ4v) is 5.57. The summed E-state index contributed by atoms with van der Waals surface area (Å²) in [7, 11) is -2.18. The number of rotatable bonds is 8. The van der Waals surface area contributed by atoms with Crippen molar-refractivity contribution in [1.29, 1.82) is 0 Å². The van der Waals surface area contributed by atoms with Gasteiger partial charge in [-0.25, -0.2) is 14.4 Å². The summed E-state index contributed by atoms with van der Waals surface area (Å²) in [6.45, 7) is 12.5. The maximum Gasteiger partial charge on any atom is 0.251 e. The van der Waals surface area contributed by atoms with Crippen LogP contribution in [0.2, 0.25) is 23.2 Å². The van der Waals surface area contributed by atoms with Gasteiger partial charge >= 0.3 is 0 Å². The predicted octanol–water partition coefficient (Wildman–Crippen LogP) is 6.45. The molecule has 1 fully saturated rings. The molecule has 0 spiro atoms. The number of anilines is 1. The molecule has 204 valence electrons. The molecular weight excluding hydrogens is 523 g/mol. The van der Waals surface area contributed by atoms with E-state index in [-0.39, 0.29) is 28.4 Å². The largest absolute Gasteiger partial charge is 0.408 e. The van der Waals surface area contributed by atoms with Crippen molar-refractivity contribution in [3.05, 3.63) is 75.5 Å². The van der Waals surface area contributed by atoms with Gasteiger partial charge in [-0.05, 0) is 54.7 Å². The molecule has 0 amide bonds. The first-order valence-electron chi connectivity index (χ1n) is 12.9. The molecule has 0 saturated carbocycles. The number of pyridine rings is 1. The summed E-state index contributed by atoms with van der Waals surface area (Å²) in [4.78, 5) is 21.7. The van der Waals surface area contributed by atoms with Crippen LogP contribution < -0.4 is 10.9 Å². The molecular formula is C28H36ClFN4O3Si. The van der Waals surface area contributed by atoms with Gasteiger partial charge in [-0.2, -0.15) is 0 Å². The van der Waals surface area contributed by atoms with Crippen LogP contribution in [-0.2, 0) is 15.7 Å². The maximum absolute atomic E-state index is 14.7. The molecule has 1 atom stereocenters. The third-order valence-corrected chi connectivity index (χ3v) is 12.1. The van der Waals surface area contributed by atoms with Crippen molar-refractivity contribution < 1.29 is 13.6 Å². The summed E-state index contributed by atoms with van der Waals surface area (Å²) in [5, 5.41) is 3.85. The highest BCUT2D eigenvalue weighted by atomic mass is 35.5. The average molecular weight is 559 g/mol. The van der Waals surface area contributed by atoms with Gasteiger partial charge in [0.2, 0.25) is 5.95 Å². The molecule has 38 heavy (non-hydrogen) atoms. The number of benzene rings is 1. The lowest BCUT2D eigenvalue weighted by Crippen LogP contribution is -2.43. The van der Waals surface area contributed by atoms with Gasteiger partial charge in [0.1, 0.15) is 5.69 Å². The first-order valence-corrected chi connectivity index (χ1v) is 16.2. The van der Waals surface area contributed by atoms with E-state index in [1.807, 2.05) is 24.3 Å². The van der Waals surface area contributed by atoms with Crippen LogP contribution in [0, 0.1) is 5.82 Å². The molecule has 0 bridgehead atoms. The van der Waals surface area contributed by atoms with Crippen molar-refractivity contribution >= 4 is 25.9 Å². The van der Waals surface area contributed by atoms with Gasteiger partial charge in [0.05, 0.1) is 18.8 Å². The van der Waals surface area contributed by atoms with Gasteiger partial charge in [-0.1, -0.05) is 44.5 Å². The first kappa shape index (κ1) is 28.4. The van der Waals surface area contributed by atoms with Crippen LogP contribution in [0.25, 0.3) is 11.3 Å². The molecule has 1 N–H and O–H groups in total. The SMILES string of the molecule is CC(C)(C)[Si](C)(C)O[C@@H](Cn1ccc(-c2nc(NC3CCOCC3)ncc2F)cc1=O)c1cccc(Cl)c1. The molecule has 1 saturated heterocycles. The first-order chi connectivity index (χ1) is 17.9. The zero-order valence-corrected chi connectivity index (χ0v) is 24.4. The predicted molar refractivity (Wildman–Crippen MR) is 152 cm³/mol. The Labute approximate surface area is 229 Å². The summed E-state index contributed by atoms with van der Waals surface area (Å²) in [6, 6.07) is 10.8. The summed E-state index contributed by atoms with van der Waals surface area (Å²) in [5.74, 6) is -0.251. The van der Waals surface area contributed by atoms with Crippen LogP contribution in [0.5, 0.6) is 0 Å². The normalized spacial score (nSPS) is 15.9. The Bertz CT molecular complexity index is 1320. The van der Waals surface area contributed by atoms with Crippen LogP contribution in [0.15, 0.2) is 53.6 Å². The lowest BCUT2D eigenvalue weighted by atomic mass is 10.1. The van der Waals surface area contributed by atoms with Crippen molar-refractivity contribution in [3.8, 4) is 11.3 Å². The lowest BCUT2D eigenvalue weighted by molar-refractivity contribution is 0.0903. The van der Waals surface area contributed by atoms with Crippen LogP contribution in [-0.4, -0.2) is 42.1 Å². The fraction of sp³-hybridized carbons (Fsp3) is 0.464. The molecule has 10 heteroatoms. The van der Waals surface area contributed by atoms with Crippen molar-refractivity contribution in [1.82, 2.24) is 14.5 Å². The van der Waals surface area contributed by atoms with E-state index >= 15 is 0 Å². The highest BCUT2D eigenvalue weighted by molar-refractivity contribution is 6.74. The van der Waals surface area contributed by atoms with E-state index in [4.69, 9.17) is 20.8 Å². The Balaban J connectivity index is 1.60. The molecule has 0 aliphatic carbocycles. The van der Waals surface area contributed by atoms with E-state index in [1.54, 1.807) is 16.8 Å². The van der Waals surface area contributed by atoms with Crippen LogP contribution in [0.1, 0.15) is 45.3 Å². The second kappa shape index (κ2) is 11.7. The molecule has 7 nitrogen and oxygen atoms in total. The molecule has 0 radical (unpaired) electrons. The Morgan fingerprint density at radius 2 is 1.97 bits per heavy atom. The van der Waals surface area contributed by atoms with Gasteiger partial charge in [0, 0.05) is 42.1 Å². The summed E-state index contributed by atoms with van der Waals surface area (Å²) < 4.78 is 28.4. The number of nitrogens with zero attached hydrogens (tertiary/aromatic N) is 3. The van der Waals surface area contributed by atoms with Crippen LogP contribution in [0.4, 0.5) is 10.3 Å². The Morgan fingerprint density at radius 1 is 1.24 bits per heavy atom. The monoisotopic (exact) mass is 558 g/mol. The van der Waals surface area contributed by atoms with E-state index in [9.17, 15) is 9.18 Å². The minimum Gasteiger partial charge on any atom is -0.408 e. The molecule has 2 aromatic heterocycles. The summed E-state index contributed by atoms with van der Waals surface area (Å²) in [5.41, 5.74) is 1.11. The van der Waals surface area contributed by atoms with Crippen LogP contribution >= 0.6 is 11.6 Å². The van der Waals surface area contributed by atoms with E-state index < -0.39 is 14.1 Å². The van der Waals surface area contributed by atoms with Gasteiger partial charge in [-0.3, -0.25) is 4.79 Å². The summed E-state index contributed by atoms with van der Waals surface area (Å²) in [6.07, 6.45) is 4.09. The molecule has 3 heterocycles. The second-order valence-electron chi connectivity index (χ2n) is 11.2. The highest BCUT2D eigenvalue weighted by Gasteiger charge is 2.39. The Hall–Kier alpha value is -2.59. The number of hydrogen-bond donors (Lipinski definition) is 1. The minimum absolute atomic E-state index is 0.0143. The number of halogens is 2. The highest BCUT2D eigenvalue weighted by Crippen LogP contribution is 2.40. The Morgan fingerprint density at radius 3 is 2.63 bits per heavy atom. The van der Waals surface area contributed by atoms with Crippen molar-refractivity contribution in [2.24, 2.45) is 0 Å². The topological polar surface area (TPSA) is 78.3 Å². The second-order valence-corrected chi connectivity index (χ2v) is 16.4.